The maximum atomic E-state index is 11.8. The standard InChI is InChI=1S/C12H23NO3/c1-6-16-11(14)7-8-13(5)12(15)10(4)9(2)3/h9-10H,6-8H2,1-5H3. The summed E-state index contributed by atoms with van der Waals surface area (Å²) in [6, 6.07) is 0. The van der Waals surface area contributed by atoms with E-state index in [1.807, 2.05) is 20.8 Å². The van der Waals surface area contributed by atoms with Gasteiger partial charge >= 0.3 is 5.97 Å². The van der Waals surface area contributed by atoms with Gasteiger partial charge in [0.15, 0.2) is 0 Å². The minimum Gasteiger partial charge on any atom is -0.466 e. The highest BCUT2D eigenvalue weighted by Gasteiger charge is 2.20. The molecule has 0 radical (unpaired) electrons. The van der Waals surface area contributed by atoms with E-state index < -0.39 is 0 Å². The van der Waals surface area contributed by atoms with Gasteiger partial charge in [0.25, 0.3) is 0 Å². The fourth-order valence-electron chi connectivity index (χ4n) is 1.24. The Balaban J connectivity index is 4.01. The van der Waals surface area contributed by atoms with Gasteiger partial charge in [0.2, 0.25) is 5.91 Å². The third-order valence-corrected chi connectivity index (χ3v) is 2.72. The lowest BCUT2D eigenvalue weighted by Crippen LogP contribution is -2.35. The molecule has 16 heavy (non-hydrogen) atoms. The molecule has 0 spiro atoms. The van der Waals surface area contributed by atoms with E-state index in [1.165, 1.54) is 0 Å². The van der Waals surface area contributed by atoms with Gasteiger partial charge in [-0.1, -0.05) is 20.8 Å². The molecule has 0 N–H and O–H groups in total. The van der Waals surface area contributed by atoms with E-state index in [0.29, 0.717) is 19.1 Å². The minimum atomic E-state index is -0.251. The van der Waals surface area contributed by atoms with Gasteiger partial charge in [-0.05, 0) is 12.8 Å². The highest BCUT2D eigenvalue weighted by Crippen LogP contribution is 2.12. The summed E-state index contributed by atoms with van der Waals surface area (Å²) in [5.74, 6) is 0.142. The van der Waals surface area contributed by atoms with Gasteiger partial charge in [-0.15, -0.1) is 0 Å². The molecular formula is C12H23NO3. The fourth-order valence-corrected chi connectivity index (χ4v) is 1.24. The molecule has 0 bridgehead atoms. The summed E-state index contributed by atoms with van der Waals surface area (Å²) >= 11 is 0. The molecule has 0 saturated carbocycles. The molecule has 0 aliphatic rings. The van der Waals surface area contributed by atoms with Crippen molar-refractivity contribution in [3.05, 3.63) is 0 Å². The van der Waals surface area contributed by atoms with Crippen molar-refractivity contribution in [1.29, 1.82) is 0 Å². The van der Waals surface area contributed by atoms with Gasteiger partial charge in [0.1, 0.15) is 0 Å². The summed E-state index contributed by atoms with van der Waals surface area (Å²) in [6.45, 7) is 8.53. The molecule has 0 aromatic carbocycles. The Morgan fingerprint density at radius 3 is 2.25 bits per heavy atom. The molecule has 0 aromatic heterocycles. The smallest absolute Gasteiger partial charge is 0.307 e. The second-order valence-electron chi connectivity index (χ2n) is 4.35. The van der Waals surface area contributed by atoms with Crippen LogP contribution in [0.25, 0.3) is 0 Å². The van der Waals surface area contributed by atoms with Crippen LogP contribution in [0.5, 0.6) is 0 Å². The minimum absolute atomic E-state index is 0.00723. The number of rotatable bonds is 6. The number of nitrogens with zero attached hydrogens (tertiary/aromatic N) is 1. The molecule has 4 nitrogen and oxygen atoms in total. The third-order valence-electron chi connectivity index (χ3n) is 2.72. The highest BCUT2D eigenvalue weighted by atomic mass is 16.5. The van der Waals surface area contributed by atoms with Crippen LogP contribution in [-0.4, -0.2) is 37.0 Å². The zero-order chi connectivity index (χ0) is 12.7. The SMILES string of the molecule is CCOC(=O)CCN(C)C(=O)C(C)C(C)C. The molecule has 0 fully saturated rings. The van der Waals surface area contributed by atoms with Crippen molar-refractivity contribution in [2.24, 2.45) is 11.8 Å². The lowest BCUT2D eigenvalue weighted by Gasteiger charge is -2.23. The molecular weight excluding hydrogens is 206 g/mol. The Kier molecular flexibility index (Phi) is 6.77. The molecule has 1 amide bonds. The van der Waals surface area contributed by atoms with E-state index in [9.17, 15) is 9.59 Å². The Morgan fingerprint density at radius 1 is 1.25 bits per heavy atom. The first-order chi connectivity index (χ1) is 7.40. The van der Waals surface area contributed by atoms with Gasteiger partial charge in [-0.3, -0.25) is 9.59 Å². The first kappa shape index (κ1) is 14.9. The maximum absolute atomic E-state index is 11.8. The Labute approximate surface area is 98.0 Å². The molecule has 0 rings (SSSR count). The second-order valence-corrected chi connectivity index (χ2v) is 4.35. The first-order valence-electron chi connectivity index (χ1n) is 5.80. The van der Waals surface area contributed by atoms with Crippen LogP contribution >= 0.6 is 0 Å². The summed E-state index contributed by atoms with van der Waals surface area (Å²) in [5, 5.41) is 0. The molecule has 1 atom stereocenters. The predicted octanol–water partition coefficient (Wildman–Crippen LogP) is 1.69. The predicted molar refractivity (Wildman–Crippen MR) is 62.9 cm³/mol. The van der Waals surface area contributed by atoms with Crippen LogP contribution < -0.4 is 0 Å². The van der Waals surface area contributed by atoms with Crippen LogP contribution in [0, 0.1) is 11.8 Å². The number of esters is 1. The van der Waals surface area contributed by atoms with Crippen molar-refractivity contribution in [3.8, 4) is 0 Å². The summed E-state index contributed by atoms with van der Waals surface area (Å²) < 4.78 is 4.80. The molecule has 0 heterocycles. The van der Waals surface area contributed by atoms with Gasteiger partial charge in [0.05, 0.1) is 13.0 Å². The van der Waals surface area contributed by atoms with Crippen molar-refractivity contribution in [1.82, 2.24) is 4.90 Å². The molecule has 0 aromatic rings. The Morgan fingerprint density at radius 2 is 1.81 bits per heavy atom. The maximum Gasteiger partial charge on any atom is 0.307 e. The van der Waals surface area contributed by atoms with Crippen molar-refractivity contribution in [2.75, 3.05) is 20.2 Å². The summed E-state index contributed by atoms with van der Waals surface area (Å²) in [4.78, 5) is 24.5. The summed E-state index contributed by atoms with van der Waals surface area (Å²) in [6.07, 6.45) is 0.265. The largest absolute Gasteiger partial charge is 0.466 e. The second kappa shape index (κ2) is 7.25. The highest BCUT2D eigenvalue weighted by molar-refractivity contribution is 5.79. The van der Waals surface area contributed by atoms with Crippen LogP contribution in [0.1, 0.15) is 34.1 Å². The van der Waals surface area contributed by atoms with E-state index in [0.717, 1.165) is 0 Å². The first-order valence-corrected chi connectivity index (χ1v) is 5.80. The van der Waals surface area contributed by atoms with E-state index in [4.69, 9.17) is 4.74 Å². The quantitative estimate of drug-likeness (QED) is 0.651. The number of hydrogen-bond donors (Lipinski definition) is 0. The van der Waals surface area contributed by atoms with Crippen molar-refractivity contribution in [3.63, 3.8) is 0 Å². The number of amides is 1. The number of ether oxygens (including phenoxy) is 1. The molecule has 0 aliphatic heterocycles. The number of carbonyl (C=O) groups is 2. The lowest BCUT2D eigenvalue weighted by molar-refractivity contribution is -0.144. The van der Waals surface area contributed by atoms with Gasteiger partial charge in [-0.25, -0.2) is 0 Å². The van der Waals surface area contributed by atoms with E-state index in [-0.39, 0.29) is 24.2 Å². The normalized spacial score (nSPS) is 12.4. The van der Waals surface area contributed by atoms with Crippen molar-refractivity contribution in [2.45, 2.75) is 34.1 Å². The van der Waals surface area contributed by atoms with Crippen molar-refractivity contribution < 1.29 is 14.3 Å². The van der Waals surface area contributed by atoms with Crippen LogP contribution in [0.3, 0.4) is 0 Å². The fraction of sp³-hybridized carbons (Fsp3) is 0.833. The van der Waals surface area contributed by atoms with Gasteiger partial charge in [0, 0.05) is 19.5 Å². The van der Waals surface area contributed by atoms with E-state index in [1.54, 1.807) is 18.9 Å². The van der Waals surface area contributed by atoms with Crippen LogP contribution in [0.15, 0.2) is 0 Å². The van der Waals surface area contributed by atoms with Gasteiger partial charge < -0.3 is 9.64 Å². The zero-order valence-corrected chi connectivity index (χ0v) is 10.9. The Hall–Kier alpha value is -1.06. The van der Waals surface area contributed by atoms with Crippen molar-refractivity contribution >= 4 is 11.9 Å². The number of hydrogen-bond acceptors (Lipinski definition) is 3. The van der Waals surface area contributed by atoms with Crippen LogP contribution in [0.4, 0.5) is 0 Å². The summed E-state index contributed by atoms with van der Waals surface area (Å²) in [5.41, 5.74) is 0. The topological polar surface area (TPSA) is 46.6 Å². The molecule has 0 saturated heterocycles. The van der Waals surface area contributed by atoms with Crippen LogP contribution in [0.2, 0.25) is 0 Å². The van der Waals surface area contributed by atoms with Gasteiger partial charge in [-0.2, -0.15) is 0 Å². The zero-order valence-electron chi connectivity index (χ0n) is 10.9. The molecule has 1 unspecified atom stereocenters. The van der Waals surface area contributed by atoms with Crippen LogP contribution in [-0.2, 0) is 14.3 Å². The lowest BCUT2D eigenvalue weighted by atomic mass is 9.97. The number of carbonyl (C=O) groups excluding carboxylic acids is 2. The average molecular weight is 229 g/mol. The molecule has 0 aliphatic carbocycles. The Bertz CT molecular complexity index is 238. The monoisotopic (exact) mass is 229 g/mol. The summed E-state index contributed by atoms with van der Waals surface area (Å²) in [7, 11) is 1.72. The van der Waals surface area contributed by atoms with E-state index in [2.05, 4.69) is 0 Å². The average Bonchev–Trinajstić information content (AvgIpc) is 2.24. The molecule has 4 heteroatoms. The van der Waals surface area contributed by atoms with E-state index >= 15 is 0 Å². The molecule has 94 valence electrons. The third kappa shape index (κ3) is 5.14.